The number of nitrogens with one attached hydrogen (secondary N) is 2. The minimum Gasteiger partial charge on any atom is -0.387 e. The molecule has 2 aromatic rings. The van der Waals surface area contributed by atoms with Gasteiger partial charge in [0.15, 0.2) is 11.6 Å². The van der Waals surface area contributed by atoms with Crippen molar-refractivity contribution in [3.05, 3.63) is 36.0 Å². The summed E-state index contributed by atoms with van der Waals surface area (Å²) in [6, 6.07) is 3.72. The van der Waals surface area contributed by atoms with E-state index in [1.165, 1.54) is 0 Å². The van der Waals surface area contributed by atoms with Gasteiger partial charge in [0.25, 0.3) is 0 Å². The van der Waals surface area contributed by atoms with Gasteiger partial charge in [0.2, 0.25) is 5.95 Å². The lowest BCUT2D eigenvalue weighted by Crippen LogP contribution is -2.31. The maximum atomic E-state index is 14.2. The topological polar surface area (TPSA) is 87.6 Å². The number of hydrazone groups is 1. The Hall–Kier alpha value is -2.81. The highest BCUT2D eigenvalue weighted by atomic mass is 19.1. The Bertz CT molecular complexity index is 730. The van der Waals surface area contributed by atoms with Gasteiger partial charge in [-0.1, -0.05) is 0 Å². The van der Waals surface area contributed by atoms with Gasteiger partial charge in [0.1, 0.15) is 0 Å². The number of ether oxygens (including phenoxy) is 1. The van der Waals surface area contributed by atoms with Crippen LogP contribution in [0.2, 0.25) is 0 Å². The highest BCUT2D eigenvalue weighted by Gasteiger charge is 2.16. The molecule has 1 saturated heterocycles. The van der Waals surface area contributed by atoms with Gasteiger partial charge < -0.3 is 15.0 Å². The summed E-state index contributed by atoms with van der Waals surface area (Å²) in [5, 5.41) is 7.07. The van der Waals surface area contributed by atoms with E-state index in [-0.39, 0.29) is 11.8 Å². The number of hydrogen-bond donors (Lipinski definition) is 2. The molecule has 2 aromatic heterocycles. The van der Waals surface area contributed by atoms with E-state index in [0.717, 1.165) is 24.7 Å². The van der Waals surface area contributed by atoms with Crippen molar-refractivity contribution in [2.75, 3.05) is 49.0 Å². The van der Waals surface area contributed by atoms with Crippen LogP contribution in [-0.4, -0.2) is 54.5 Å². The molecule has 0 aliphatic carbocycles. The molecular formula is C17H22FN7O. The van der Waals surface area contributed by atoms with Crippen molar-refractivity contribution in [1.29, 1.82) is 0 Å². The number of anilines is 3. The zero-order valence-electron chi connectivity index (χ0n) is 14.7. The summed E-state index contributed by atoms with van der Waals surface area (Å²) in [6.07, 6.45) is 6.09. The first-order chi connectivity index (χ1) is 12.8. The average Bonchev–Trinajstić information content (AvgIpc) is 2.64. The number of halogens is 1. The van der Waals surface area contributed by atoms with E-state index in [2.05, 4.69) is 30.8 Å². The van der Waals surface area contributed by atoms with Gasteiger partial charge in [0.05, 0.1) is 30.0 Å². The molecule has 0 saturated carbocycles. The van der Waals surface area contributed by atoms with E-state index in [4.69, 9.17) is 4.74 Å². The highest BCUT2D eigenvalue weighted by molar-refractivity contribution is 5.77. The summed E-state index contributed by atoms with van der Waals surface area (Å²) < 4.78 is 19.6. The fourth-order valence-corrected chi connectivity index (χ4v) is 2.56. The van der Waals surface area contributed by atoms with Gasteiger partial charge in [0, 0.05) is 33.4 Å². The van der Waals surface area contributed by atoms with Crippen molar-refractivity contribution in [2.45, 2.75) is 12.8 Å². The van der Waals surface area contributed by atoms with E-state index in [1.807, 2.05) is 24.1 Å². The fraction of sp³-hybridized carbons (Fsp3) is 0.412. The molecule has 0 atom stereocenters. The highest BCUT2D eigenvalue weighted by Crippen LogP contribution is 2.19. The Balaban J connectivity index is 1.67. The number of rotatable bonds is 5. The SMILES string of the molecule is CNc1ccc(/C=N/Nc2ncc(F)c(N3CCCOCCC3)n2)nc1. The summed E-state index contributed by atoms with van der Waals surface area (Å²) in [4.78, 5) is 14.4. The van der Waals surface area contributed by atoms with E-state index < -0.39 is 5.82 Å². The normalized spacial score (nSPS) is 15.5. The molecule has 3 rings (SSSR count). The average molecular weight is 359 g/mol. The van der Waals surface area contributed by atoms with Crippen molar-refractivity contribution < 1.29 is 9.13 Å². The maximum absolute atomic E-state index is 14.2. The molecule has 9 heteroatoms. The molecule has 26 heavy (non-hydrogen) atoms. The summed E-state index contributed by atoms with van der Waals surface area (Å²) in [5.74, 6) is 0.0873. The van der Waals surface area contributed by atoms with E-state index in [9.17, 15) is 4.39 Å². The summed E-state index contributed by atoms with van der Waals surface area (Å²) in [5.41, 5.74) is 4.33. The first-order valence-electron chi connectivity index (χ1n) is 8.54. The fourth-order valence-electron chi connectivity index (χ4n) is 2.56. The second kappa shape index (κ2) is 9.04. The van der Waals surface area contributed by atoms with Crippen molar-refractivity contribution in [2.24, 2.45) is 5.10 Å². The van der Waals surface area contributed by atoms with Crippen LogP contribution in [0.4, 0.5) is 21.8 Å². The van der Waals surface area contributed by atoms with Gasteiger partial charge in [-0.25, -0.2) is 14.8 Å². The molecule has 0 radical (unpaired) electrons. The van der Waals surface area contributed by atoms with Gasteiger partial charge in [-0.2, -0.15) is 10.1 Å². The van der Waals surface area contributed by atoms with Crippen LogP contribution in [-0.2, 0) is 4.74 Å². The molecular weight excluding hydrogens is 337 g/mol. The van der Waals surface area contributed by atoms with Crippen LogP contribution in [0, 0.1) is 5.82 Å². The lowest BCUT2D eigenvalue weighted by molar-refractivity contribution is 0.124. The number of pyridine rings is 1. The lowest BCUT2D eigenvalue weighted by Gasteiger charge is -2.26. The predicted molar refractivity (Wildman–Crippen MR) is 99.3 cm³/mol. The van der Waals surface area contributed by atoms with Crippen LogP contribution >= 0.6 is 0 Å². The Labute approximate surface area is 151 Å². The third kappa shape index (κ3) is 4.85. The largest absolute Gasteiger partial charge is 0.387 e. The zero-order chi connectivity index (χ0) is 18.2. The third-order valence-electron chi connectivity index (χ3n) is 3.89. The molecule has 8 nitrogen and oxygen atoms in total. The quantitative estimate of drug-likeness (QED) is 0.624. The molecule has 0 amide bonds. The summed E-state index contributed by atoms with van der Waals surface area (Å²) >= 11 is 0. The molecule has 0 aromatic carbocycles. The third-order valence-corrected chi connectivity index (χ3v) is 3.89. The van der Waals surface area contributed by atoms with Gasteiger partial charge in [-0.3, -0.25) is 4.98 Å². The van der Waals surface area contributed by atoms with Crippen LogP contribution in [0.5, 0.6) is 0 Å². The van der Waals surface area contributed by atoms with Gasteiger partial charge in [-0.05, 0) is 25.0 Å². The van der Waals surface area contributed by atoms with Crippen molar-refractivity contribution in [3.63, 3.8) is 0 Å². The lowest BCUT2D eigenvalue weighted by atomic mass is 10.3. The predicted octanol–water partition coefficient (Wildman–Crippen LogP) is 2.12. The number of hydrogen-bond acceptors (Lipinski definition) is 8. The molecule has 138 valence electrons. The smallest absolute Gasteiger partial charge is 0.245 e. The maximum Gasteiger partial charge on any atom is 0.245 e. The molecule has 2 N–H and O–H groups in total. The van der Waals surface area contributed by atoms with Crippen LogP contribution in [0.1, 0.15) is 18.5 Å². The number of aromatic nitrogens is 3. The second-order valence-corrected chi connectivity index (χ2v) is 5.76. The molecule has 1 aliphatic rings. The van der Waals surface area contributed by atoms with Crippen molar-refractivity contribution >= 4 is 23.7 Å². The second-order valence-electron chi connectivity index (χ2n) is 5.76. The van der Waals surface area contributed by atoms with E-state index in [1.54, 1.807) is 12.4 Å². The van der Waals surface area contributed by atoms with Crippen molar-refractivity contribution in [1.82, 2.24) is 15.0 Å². The first kappa shape index (κ1) is 18.0. The molecule has 1 fully saturated rings. The molecule has 0 bridgehead atoms. The zero-order valence-corrected chi connectivity index (χ0v) is 14.7. The molecule has 1 aliphatic heterocycles. The first-order valence-corrected chi connectivity index (χ1v) is 8.54. The monoisotopic (exact) mass is 359 g/mol. The van der Waals surface area contributed by atoms with Crippen LogP contribution < -0.4 is 15.6 Å². The van der Waals surface area contributed by atoms with Crippen LogP contribution in [0.3, 0.4) is 0 Å². The molecule has 0 unspecified atom stereocenters. The van der Waals surface area contributed by atoms with E-state index >= 15 is 0 Å². The Kier molecular flexibility index (Phi) is 6.26. The van der Waals surface area contributed by atoms with Crippen molar-refractivity contribution in [3.8, 4) is 0 Å². The Morgan fingerprint density at radius 2 is 2.00 bits per heavy atom. The minimum absolute atomic E-state index is 0.239. The van der Waals surface area contributed by atoms with E-state index in [0.29, 0.717) is 32.0 Å². The van der Waals surface area contributed by atoms with Crippen LogP contribution in [0.15, 0.2) is 29.6 Å². The standard InChI is InChI=1S/C17H22FN7O/c1-19-13-4-5-14(20-10-13)11-22-24-17-21-12-15(18)16(23-17)25-6-2-8-26-9-3-7-25/h4-5,10-12,19H,2-3,6-9H2,1H3,(H,21,23,24)/b22-11+. The number of nitrogens with zero attached hydrogens (tertiary/aromatic N) is 5. The minimum atomic E-state index is -0.439. The Morgan fingerprint density at radius 3 is 2.69 bits per heavy atom. The molecule has 0 spiro atoms. The summed E-state index contributed by atoms with van der Waals surface area (Å²) in [6.45, 7) is 2.74. The van der Waals surface area contributed by atoms with Gasteiger partial charge >= 0.3 is 0 Å². The molecule has 3 heterocycles. The summed E-state index contributed by atoms with van der Waals surface area (Å²) in [7, 11) is 1.83. The van der Waals surface area contributed by atoms with Gasteiger partial charge in [-0.15, -0.1) is 0 Å². The Morgan fingerprint density at radius 1 is 1.19 bits per heavy atom. The van der Waals surface area contributed by atoms with Crippen LogP contribution in [0.25, 0.3) is 0 Å².